The summed E-state index contributed by atoms with van der Waals surface area (Å²) >= 11 is 0. The van der Waals surface area contributed by atoms with Crippen LogP contribution in [0.4, 0.5) is 0 Å². The van der Waals surface area contributed by atoms with Crippen molar-refractivity contribution >= 4 is 0 Å². The van der Waals surface area contributed by atoms with Crippen molar-refractivity contribution in [2.75, 3.05) is 33.4 Å². The van der Waals surface area contributed by atoms with E-state index in [-0.39, 0.29) is 11.1 Å². The molecular formula is C11H24N2O2. The molecule has 0 amide bonds. The molecule has 0 aliphatic carbocycles. The largest absolute Gasteiger partial charge is 0.383 e. The van der Waals surface area contributed by atoms with Gasteiger partial charge in [-0.25, -0.2) is 0 Å². The molecule has 0 spiro atoms. The maximum atomic E-state index is 5.74. The first-order chi connectivity index (χ1) is 7.04. The van der Waals surface area contributed by atoms with Gasteiger partial charge in [0.1, 0.15) is 0 Å². The Morgan fingerprint density at radius 2 is 2.33 bits per heavy atom. The summed E-state index contributed by atoms with van der Waals surface area (Å²) in [5.41, 5.74) is 5.56. The number of rotatable bonds is 6. The van der Waals surface area contributed by atoms with E-state index < -0.39 is 0 Å². The van der Waals surface area contributed by atoms with Crippen molar-refractivity contribution < 1.29 is 9.47 Å². The van der Waals surface area contributed by atoms with E-state index in [1.54, 1.807) is 7.11 Å². The van der Waals surface area contributed by atoms with Crippen LogP contribution < -0.4 is 11.1 Å². The van der Waals surface area contributed by atoms with Gasteiger partial charge in [-0.1, -0.05) is 0 Å². The minimum absolute atomic E-state index is 0.0236. The predicted octanol–water partition coefficient (Wildman–Crippen LogP) is 0.509. The van der Waals surface area contributed by atoms with Gasteiger partial charge in [-0.15, -0.1) is 0 Å². The zero-order chi connectivity index (χ0) is 11.4. The lowest BCUT2D eigenvalue weighted by atomic mass is 9.99. The summed E-state index contributed by atoms with van der Waals surface area (Å²) < 4.78 is 10.9. The van der Waals surface area contributed by atoms with Gasteiger partial charge < -0.3 is 20.5 Å². The number of ether oxygens (including phenoxy) is 2. The van der Waals surface area contributed by atoms with E-state index in [4.69, 9.17) is 15.2 Å². The molecule has 15 heavy (non-hydrogen) atoms. The number of nitrogens with one attached hydrogen (secondary N) is 1. The highest BCUT2D eigenvalue weighted by Crippen LogP contribution is 2.24. The van der Waals surface area contributed by atoms with Crippen molar-refractivity contribution in [3.63, 3.8) is 0 Å². The van der Waals surface area contributed by atoms with Crippen LogP contribution in [0.1, 0.15) is 26.7 Å². The molecule has 4 nitrogen and oxygen atoms in total. The number of nitrogens with two attached hydrogens (primary N) is 1. The van der Waals surface area contributed by atoms with E-state index in [1.807, 2.05) is 0 Å². The van der Waals surface area contributed by atoms with Gasteiger partial charge in [-0.3, -0.25) is 0 Å². The standard InChI is InChI=1S/C11H24N2O2/c1-10(7-12,9-14-3)13-8-11(2)5-4-6-15-11/h13H,4-9,12H2,1-3H3. The lowest BCUT2D eigenvalue weighted by Crippen LogP contribution is -2.56. The average molecular weight is 216 g/mol. The fraction of sp³-hybridized carbons (Fsp3) is 1.00. The third-order valence-corrected chi connectivity index (χ3v) is 3.10. The van der Waals surface area contributed by atoms with Gasteiger partial charge in [-0.2, -0.15) is 0 Å². The fourth-order valence-corrected chi connectivity index (χ4v) is 1.88. The fourth-order valence-electron chi connectivity index (χ4n) is 1.88. The molecule has 0 saturated carbocycles. The molecule has 1 aliphatic heterocycles. The molecule has 1 rings (SSSR count). The molecule has 0 aromatic heterocycles. The first-order valence-electron chi connectivity index (χ1n) is 5.62. The molecule has 90 valence electrons. The smallest absolute Gasteiger partial charge is 0.0779 e. The van der Waals surface area contributed by atoms with Crippen LogP contribution in [0.5, 0.6) is 0 Å². The predicted molar refractivity (Wildman–Crippen MR) is 60.9 cm³/mol. The van der Waals surface area contributed by atoms with Crippen LogP contribution in [-0.2, 0) is 9.47 Å². The van der Waals surface area contributed by atoms with Crippen molar-refractivity contribution in [1.29, 1.82) is 0 Å². The molecule has 0 aromatic rings. The molecule has 1 fully saturated rings. The molecule has 3 N–H and O–H groups in total. The average Bonchev–Trinajstić information content (AvgIpc) is 2.64. The van der Waals surface area contributed by atoms with E-state index >= 15 is 0 Å². The van der Waals surface area contributed by atoms with Crippen molar-refractivity contribution in [2.45, 2.75) is 37.8 Å². The monoisotopic (exact) mass is 216 g/mol. The molecule has 2 atom stereocenters. The molecular weight excluding hydrogens is 192 g/mol. The summed E-state index contributed by atoms with van der Waals surface area (Å²) in [5, 5.41) is 3.45. The minimum Gasteiger partial charge on any atom is -0.383 e. The highest BCUT2D eigenvalue weighted by atomic mass is 16.5. The van der Waals surface area contributed by atoms with Gasteiger partial charge in [0.05, 0.1) is 17.7 Å². The Labute approximate surface area is 92.5 Å². The first-order valence-corrected chi connectivity index (χ1v) is 5.62. The topological polar surface area (TPSA) is 56.5 Å². The van der Waals surface area contributed by atoms with Crippen molar-refractivity contribution in [3.05, 3.63) is 0 Å². The van der Waals surface area contributed by atoms with Gasteiger partial charge in [-0.05, 0) is 26.7 Å². The second-order valence-electron chi connectivity index (χ2n) is 4.95. The second kappa shape index (κ2) is 5.25. The summed E-state index contributed by atoms with van der Waals surface area (Å²) in [5.74, 6) is 0. The van der Waals surface area contributed by atoms with E-state index in [1.165, 1.54) is 0 Å². The molecule has 1 saturated heterocycles. The lowest BCUT2D eigenvalue weighted by molar-refractivity contribution is 0.00968. The SMILES string of the molecule is COCC(C)(CN)NCC1(C)CCCO1. The third-order valence-electron chi connectivity index (χ3n) is 3.10. The highest BCUT2D eigenvalue weighted by molar-refractivity contribution is 4.90. The molecule has 1 aliphatic rings. The van der Waals surface area contributed by atoms with E-state index in [0.717, 1.165) is 26.0 Å². The Morgan fingerprint density at radius 3 is 2.80 bits per heavy atom. The maximum Gasteiger partial charge on any atom is 0.0779 e. The second-order valence-corrected chi connectivity index (χ2v) is 4.95. The summed E-state index contributed by atoms with van der Waals surface area (Å²) in [6.07, 6.45) is 2.27. The number of hydrogen-bond donors (Lipinski definition) is 2. The zero-order valence-electron chi connectivity index (χ0n) is 10.1. The van der Waals surface area contributed by atoms with Gasteiger partial charge in [0.15, 0.2) is 0 Å². The summed E-state index contributed by atoms with van der Waals surface area (Å²) in [6.45, 7) is 7.13. The summed E-state index contributed by atoms with van der Waals surface area (Å²) in [6, 6.07) is 0. The van der Waals surface area contributed by atoms with Gasteiger partial charge >= 0.3 is 0 Å². The normalized spacial score (nSPS) is 30.4. The number of methoxy groups -OCH3 is 1. The lowest BCUT2D eigenvalue weighted by Gasteiger charge is -2.33. The quantitative estimate of drug-likeness (QED) is 0.679. The van der Waals surface area contributed by atoms with Crippen LogP contribution in [0.2, 0.25) is 0 Å². The van der Waals surface area contributed by atoms with Crippen LogP contribution in [0.25, 0.3) is 0 Å². The molecule has 2 unspecified atom stereocenters. The Morgan fingerprint density at radius 1 is 1.60 bits per heavy atom. The minimum atomic E-state index is -0.149. The Bertz CT molecular complexity index is 193. The molecule has 0 radical (unpaired) electrons. The molecule has 4 heteroatoms. The zero-order valence-corrected chi connectivity index (χ0v) is 10.1. The van der Waals surface area contributed by atoms with Crippen LogP contribution in [0, 0.1) is 0 Å². The van der Waals surface area contributed by atoms with Crippen LogP contribution in [0.15, 0.2) is 0 Å². The molecule has 0 aromatic carbocycles. The Balaban J connectivity index is 2.39. The Kier molecular flexibility index (Phi) is 4.52. The van der Waals surface area contributed by atoms with Crippen molar-refractivity contribution in [2.24, 2.45) is 5.73 Å². The molecule has 1 heterocycles. The van der Waals surface area contributed by atoms with E-state index in [9.17, 15) is 0 Å². The van der Waals surface area contributed by atoms with Crippen LogP contribution in [0.3, 0.4) is 0 Å². The maximum absolute atomic E-state index is 5.74. The third kappa shape index (κ3) is 3.72. The van der Waals surface area contributed by atoms with Crippen LogP contribution >= 0.6 is 0 Å². The van der Waals surface area contributed by atoms with Crippen LogP contribution in [-0.4, -0.2) is 44.6 Å². The summed E-state index contributed by atoms with van der Waals surface area (Å²) in [7, 11) is 1.70. The van der Waals surface area contributed by atoms with Crippen molar-refractivity contribution in [3.8, 4) is 0 Å². The van der Waals surface area contributed by atoms with E-state index in [0.29, 0.717) is 13.2 Å². The Hall–Kier alpha value is -0.160. The van der Waals surface area contributed by atoms with E-state index in [2.05, 4.69) is 19.2 Å². The first kappa shape index (κ1) is 12.9. The van der Waals surface area contributed by atoms with Crippen molar-refractivity contribution in [1.82, 2.24) is 5.32 Å². The van der Waals surface area contributed by atoms with Gasteiger partial charge in [0.25, 0.3) is 0 Å². The summed E-state index contributed by atoms with van der Waals surface area (Å²) in [4.78, 5) is 0. The van der Waals surface area contributed by atoms with Gasteiger partial charge in [0, 0.05) is 26.8 Å². The van der Waals surface area contributed by atoms with Gasteiger partial charge in [0.2, 0.25) is 0 Å². The highest BCUT2D eigenvalue weighted by Gasteiger charge is 2.32. The number of hydrogen-bond acceptors (Lipinski definition) is 4. The molecule has 0 bridgehead atoms.